The summed E-state index contributed by atoms with van der Waals surface area (Å²) >= 11 is 0. The Kier molecular flexibility index (Phi) is 8.40. The number of aromatic nitrogens is 2. The zero-order valence-electron chi connectivity index (χ0n) is 18.4. The molecular weight excluding hydrogens is 443 g/mol. The minimum atomic E-state index is -4.90. The summed E-state index contributed by atoms with van der Waals surface area (Å²) in [6.07, 6.45) is -3.86. The molecule has 0 fully saturated rings. The second-order valence-corrected chi connectivity index (χ2v) is 6.91. The number of allylic oxidation sites excluding steroid dienone is 1. The molecule has 0 aliphatic rings. The SMILES string of the molecule is CCN/C(=C\C(=N)C(F)(F)F)C(=O)Nc1nc2cc(C(N)=O)cc(OC)c2n1CCCNC. The maximum absolute atomic E-state index is 12.8. The zero-order valence-corrected chi connectivity index (χ0v) is 18.4. The number of methoxy groups -OCH3 is 1. The van der Waals surface area contributed by atoms with Crippen molar-refractivity contribution < 1.29 is 27.5 Å². The van der Waals surface area contributed by atoms with Crippen LogP contribution in [-0.2, 0) is 11.3 Å². The van der Waals surface area contributed by atoms with Crippen molar-refractivity contribution in [1.82, 2.24) is 20.2 Å². The number of likely N-dealkylation sites (N-methyl/N-ethyl adjacent to an activating group) is 1. The Morgan fingerprint density at radius 2 is 2.03 bits per heavy atom. The predicted molar refractivity (Wildman–Crippen MR) is 118 cm³/mol. The fourth-order valence-corrected chi connectivity index (χ4v) is 3.04. The van der Waals surface area contributed by atoms with Crippen molar-refractivity contribution in [2.24, 2.45) is 5.73 Å². The molecular formula is C20H26F3N7O3. The van der Waals surface area contributed by atoms with Crippen LogP contribution in [0, 0.1) is 5.41 Å². The monoisotopic (exact) mass is 469 g/mol. The number of anilines is 1. The molecule has 180 valence electrons. The Morgan fingerprint density at radius 1 is 1.33 bits per heavy atom. The molecule has 1 aromatic heterocycles. The van der Waals surface area contributed by atoms with Crippen LogP contribution in [0.2, 0.25) is 0 Å². The van der Waals surface area contributed by atoms with Crippen LogP contribution in [0.15, 0.2) is 23.9 Å². The molecule has 0 saturated carbocycles. The quantitative estimate of drug-likeness (QED) is 0.193. The highest BCUT2D eigenvalue weighted by Crippen LogP contribution is 2.31. The van der Waals surface area contributed by atoms with E-state index in [0.717, 1.165) is 0 Å². The Balaban J connectivity index is 2.55. The van der Waals surface area contributed by atoms with Gasteiger partial charge >= 0.3 is 6.18 Å². The summed E-state index contributed by atoms with van der Waals surface area (Å²) in [6, 6.07) is 2.88. The van der Waals surface area contributed by atoms with Gasteiger partial charge in [0.1, 0.15) is 22.7 Å². The molecule has 0 aliphatic heterocycles. The van der Waals surface area contributed by atoms with Gasteiger partial charge in [-0.15, -0.1) is 0 Å². The van der Waals surface area contributed by atoms with Gasteiger partial charge in [0.15, 0.2) is 0 Å². The summed E-state index contributed by atoms with van der Waals surface area (Å²) in [5.74, 6) is -1.29. The highest BCUT2D eigenvalue weighted by molar-refractivity contribution is 6.09. The number of aryl methyl sites for hydroxylation is 1. The number of alkyl halides is 3. The van der Waals surface area contributed by atoms with E-state index in [0.29, 0.717) is 42.4 Å². The number of fused-ring (bicyclic) bond motifs is 1. The van der Waals surface area contributed by atoms with Gasteiger partial charge in [-0.1, -0.05) is 0 Å². The number of hydrogen-bond donors (Lipinski definition) is 5. The number of halogens is 3. The van der Waals surface area contributed by atoms with Crippen molar-refractivity contribution in [1.29, 1.82) is 5.41 Å². The molecule has 0 saturated heterocycles. The van der Waals surface area contributed by atoms with Gasteiger partial charge in [0.05, 0.1) is 12.6 Å². The number of carbonyl (C=O) groups excluding carboxylic acids is 2. The predicted octanol–water partition coefficient (Wildman–Crippen LogP) is 1.77. The molecule has 2 aromatic rings. The molecule has 1 aromatic carbocycles. The average molecular weight is 469 g/mol. The number of primary amides is 1. The molecule has 0 atom stereocenters. The standard InChI is InChI=1S/C20H26F3N7O3/c1-4-27-13(10-15(24)20(21,22)23)18(32)29-19-28-12-8-11(17(25)31)9-14(33-3)16(12)30(19)7-5-6-26-2/h8-10,24,26-27H,4-7H2,1-3H3,(H2,25,31)(H,28,29,32)/b13-10-,24-15?. The van der Waals surface area contributed by atoms with Gasteiger partial charge in [0.25, 0.3) is 5.91 Å². The van der Waals surface area contributed by atoms with Gasteiger partial charge in [-0.2, -0.15) is 13.2 Å². The number of hydrogen-bond acceptors (Lipinski definition) is 7. The number of amides is 2. The van der Waals surface area contributed by atoms with Gasteiger partial charge in [0.2, 0.25) is 11.9 Å². The number of imidazole rings is 1. The summed E-state index contributed by atoms with van der Waals surface area (Å²) < 4.78 is 45.4. The first-order chi connectivity index (χ1) is 15.5. The Bertz CT molecular complexity index is 1080. The zero-order chi connectivity index (χ0) is 24.8. The minimum Gasteiger partial charge on any atom is -0.494 e. The highest BCUT2D eigenvalue weighted by Gasteiger charge is 2.33. The molecule has 0 radical (unpaired) electrons. The molecule has 1 heterocycles. The number of ether oxygens (including phenoxy) is 1. The summed E-state index contributed by atoms with van der Waals surface area (Å²) in [6.45, 7) is 2.76. The van der Waals surface area contributed by atoms with E-state index in [1.807, 2.05) is 0 Å². The fraction of sp³-hybridized carbons (Fsp3) is 0.400. The molecule has 0 spiro atoms. The maximum atomic E-state index is 12.8. The van der Waals surface area contributed by atoms with Crippen molar-refractivity contribution in [3.63, 3.8) is 0 Å². The molecule has 10 nitrogen and oxygen atoms in total. The van der Waals surface area contributed by atoms with Gasteiger partial charge in [-0.25, -0.2) is 4.98 Å². The van der Waals surface area contributed by atoms with Crippen LogP contribution in [0.1, 0.15) is 23.7 Å². The van der Waals surface area contributed by atoms with Crippen molar-refractivity contribution in [2.45, 2.75) is 26.1 Å². The Hall–Kier alpha value is -3.61. The lowest BCUT2D eigenvalue weighted by Gasteiger charge is -2.14. The van der Waals surface area contributed by atoms with E-state index in [2.05, 4.69) is 20.9 Å². The number of carbonyl (C=O) groups is 2. The molecule has 2 rings (SSSR count). The largest absolute Gasteiger partial charge is 0.494 e. The van der Waals surface area contributed by atoms with Crippen molar-refractivity contribution in [2.75, 3.05) is 32.6 Å². The lowest BCUT2D eigenvalue weighted by atomic mass is 10.1. The van der Waals surface area contributed by atoms with E-state index in [9.17, 15) is 22.8 Å². The lowest BCUT2D eigenvalue weighted by molar-refractivity contribution is -0.113. The van der Waals surface area contributed by atoms with Gasteiger partial charge < -0.3 is 25.7 Å². The van der Waals surface area contributed by atoms with Crippen LogP contribution in [0.25, 0.3) is 11.0 Å². The smallest absolute Gasteiger partial charge is 0.432 e. The average Bonchev–Trinajstić information content (AvgIpc) is 3.09. The van der Waals surface area contributed by atoms with Crippen molar-refractivity contribution in [3.8, 4) is 5.75 Å². The van der Waals surface area contributed by atoms with Gasteiger partial charge in [0, 0.05) is 18.7 Å². The van der Waals surface area contributed by atoms with Crippen LogP contribution in [-0.4, -0.2) is 60.5 Å². The third-order valence-corrected chi connectivity index (χ3v) is 4.55. The van der Waals surface area contributed by atoms with Crippen molar-refractivity contribution >= 4 is 34.5 Å². The van der Waals surface area contributed by atoms with Crippen molar-refractivity contribution in [3.05, 3.63) is 29.5 Å². The summed E-state index contributed by atoms with van der Waals surface area (Å²) in [4.78, 5) is 28.8. The number of rotatable bonds is 11. The molecule has 0 unspecified atom stereocenters. The van der Waals surface area contributed by atoms with E-state index >= 15 is 0 Å². The molecule has 6 N–H and O–H groups in total. The van der Waals surface area contributed by atoms with Crippen LogP contribution >= 0.6 is 0 Å². The minimum absolute atomic E-state index is 0.0355. The normalized spacial score (nSPS) is 12.0. The second kappa shape index (κ2) is 10.8. The van der Waals surface area contributed by atoms with Gasteiger partial charge in [-0.3, -0.25) is 20.3 Å². The fourth-order valence-electron chi connectivity index (χ4n) is 3.04. The van der Waals surface area contributed by atoms with Gasteiger partial charge in [-0.05, 0) is 45.1 Å². The summed E-state index contributed by atoms with van der Waals surface area (Å²) in [5, 5.41) is 15.2. The van der Waals surface area contributed by atoms with E-state index in [4.69, 9.17) is 15.9 Å². The van der Waals surface area contributed by atoms with E-state index < -0.39 is 29.4 Å². The van der Waals surface area contributed by atoms with E-state index in [1.54, 1.807) is 18.5 Å². The first-order valence-electron chi connectivity index (χ1n) is 9.98. The van der Waals surface area contributed by atoms with Crippen LogP contribution < -0.4 is 26.4 Å². The first-order valence-corrected chi connectivity index (χ1v) is 9.98. The van der Waals surface area contributed by atoms with E-state index in [1.165, 1.54) is 19.2 Å². The molecule has 2 amide bonds. The lowest BCUT2D eigenvalue weighted by Crippen LogP contribution is -2.30. The number of nitrogens with zero attached hydrogens (tertiary/aromatic N) is 2. The Labute approximate surface area is 187 Å². The number of nitrogens with one attached hydrogen (secondary N) is 4. The first kappa shape index (κ1) is 25.6. The topological polar surface area (TPSA) is 147 Å². The summed E-state index contributed by atoms with van der Waals surface area (Å²) in [5.41, 5.74) is 4.17. The summed E-state index contributed by atoms with van der Waals surface area (Å²) in [7, 11) is 3.18. The Morgan fingerprint density at radius 3 is 2.58 bits per heavy atom. The molecule has 33 heavy (non-hydrogen) atoms. The van der Waals surface area contributed by atoms with Crippen LogP contribution in [0.5, 0.6) is 5.75 Å². The maximum Gasteiger partial charge on any atom is 0.432 e. The number of nitrogens with two attached hydrogens (primary N) is 1. The third-order valence-electron chi connectivity index (χ3n) is 4.55. The van der Waals surface area contributed by atoms with Crippen LogP contribution in [0.4, 0.5) is 19.1 Å². The highest BCUT2D eigenvalue weighted by atomic mass is 19.4. The van der Waals surface area contributed by atoms with E-state index in [-0.39, 0.29) is 18.1 Å². The second-order valence-electron chi connectivity index (χ2n) is 6.91. The number of benzene rings is 1. The van der Waals surface area contributed by atoms with Crippen LogP contribution in [0.3, 0.4) is 0 Å². The molecule has 0 aliphatic carbocycles. The molecule has 13 heteroatoms. The third kappa shape index (κ3) is 6.22. The molecule has 0 bridgehead atoms.